The van der Waals surface area contributed by atoms with Gasteiger partial charge in [-0.3, -0.25) is 4.79 Å². The van der Waals surface area contributed by atoms with E-state index in [0.717, 1.165) is 30.0 Å². The first-order valence-electron chi connectivity index (χ1n) is 10.9. The molecule has 1 saturated heterocycles. The molecule has 3 rings (SSSR count). The molecule has 174 valence electrons. The zero-order valence-corrected chi connectivity index (χ0v) is 20.4. The molecule has 1 N–H and O–H groups in total. The summed E-state index contributed by atoms with van der Waals surface area (Å²) in [5.41, 5.74) is 2.48. The largest absolute Gasteiger partial charge is 0.481 e. The summed E-state index contributed by atoms with van der Waals surface area (Å²) < 4.78 is 28.5. The van der Waals surface area contributed by atoms with Crippen molar-refractivity contribution in [3.63, 3.8) is 0 Å². The zero-order valence-electron chi connectivity index (χ0n) is 18.8. The molecule has 0 saturated carbocycles. The van der Waals surface area contributed by atoms with Crippen LogP contribution in [0.5, 0.6) is 0 Å². The summed E-state index contributed by atoms with van der Waals surface area (Å²) in [7, 11) is -3.73. The van der Waals surface area contributed by atoms with Crippen LogP contribution < -0.4 is 0 Å². The molecule has 6 nitrogen and oxygen atoms in total. The predicted molar refractivity (Wildman–Crippen MR) is 127 cm³/mol. The average molecular weight is 479 g/mol. The number of carbonyl (C=O) groups is 1. The van der Waals surface area contributed by atoms with Gasteiger partial charge in [0.2, 0.25) is 10.0 Å². The number of hydrogen-bond acceptors (Lipinski definition) is 4. The number of sulfonamides is 1. The quantitative estimate of drug-likeness (QED) is 0.620. The van der Waals surface area contributed by atoms with Crippen molar-refractivity contribution in [3.8, 4) is 0 Å². The maximum absolute atomic E-state index is 13.5. The number of carboxylic acid groups (broad SMARTS) is 1. The van der Waals surface area contributed by atoms with Crippen LogP contribution in [0.1, 0.15) is 37.0 Å². The van der Waals surface area contributed by atoms with Gasteiger partial charge in [-0.1, -0.05) is 29.8 Å². The molecule has 1 fully saturated rings. The highest BCUT2D eigenvalue weighted by Crippen LogP contribution is 2.27. The normalized spacial score (nSPS) is 20.4. The number of halogens is 1. The third-order valence-electron chi connectivity index (χ3n) is 5.81. The van der Waals surface area contributed by atoms with Gasteiger partial charge in [0.1, 0.15) is 0 Å². The molecular weight excluding hydrogens is 448 g/mol. The van der Waals surface area contributed by atoms with E-state index < -0.39 is 16.0 Å². The molecule has 32 heavy (non-hydrogen) atoms. The van der Waals surface area contributed by atoms with Crippen molar-refractivity contribution in [2.45, 2.75) is 57.0 Å². The number of nitrogens with zero attached hydrogens (tertiary/aromatic N) is 2. The number of benzene rings is 2. The molecule has 0 spiro atoms. The van der Waals surface area contributed by atoms with Crippen molar-refractivity contribution in [1.82, 2.24) is 9.21 Å². The Morgan fingerprint density at radius 1 is 1.06 bits per heavy atom. The molecule has 0 aromatic heterocycles. The fraction of sp³-hybridized carbons (Fsp3) is 0.458. The SMILES string of the molecule is Cc1cc(CC(=O)O)cc(S(=O)(=O)N2C(C)CN(CCCc3ccc(Cl)cc3)C[C@@H]2C)c1. The molecular formula is C24H31ClN2O4S. The number of rotatable bonds is 8. The van der Waals surface area contributed by atoms with Crippen LogP contribution in [0.2, 0.25) is 5.02 Å². The second-order valence-electron chi connectivity index (χ2n) is 8.75. The van der Waals surface area contributed by atoms with E-state index in [0.29, 0.717) is 18.7 Å². The second kappa shape index (κ2) is 10.3. The van der Waals surface area contributed by atoms with E-state index in [1.54, 1.807) is 23.4 Å². The highest BCUT2D eigenvalue weighted by molar-refractivity contribution is 7.89. The van der Waals surface area contributed by atoms with E-state index in [1.165, 1.54) is 11.6 Å². The van der Waals surface area contributed by atoms with Gasteiger partial charge in [-0.25, -0.2) is 8.42 Å². The van der Waals surface area contributed by atoms with Crippen LogP contribution in [-0.2, 0) is 27.7 Å². The first-order chi connectivity index (χ1) is 15.1. The van der Waals surface area contributed by atoms with Crippen LogP contribution in [0.4, 0.5) is 0 Å². The van der Waals surface area contributed by atoms with Crippen molar-refractivity contribution in [2.75, 3.05) is 19.6 Å². The summed E-state index contributed by atoms with van der Waals surface area (Å²) in [6.07, 6.45) is 1.75. The lowest BCUT2D eigenvalue weighted by atomic mass is 10.1. The zero-order chi connectivity index (χ0) is 23.5. The molecule has 0 radical (unpaired) electrons. The lowest BCUT2D eigenvalue weighted by Crippen LogP contribution is -2.58. The summed E-state index contributed by atoms with van der Waals surface area (Å²) in [4.78, 5) is 13.6. The molecule has 1 heterocycles. The van der Waals surface area contributed by atoms with Gasteiger partial charge in [0, 0.05) is 30.2 Å². The van der Waals surface area contributed by atoms with Crippen LogP contribution in [-0.4, -0.2) is 60.4 Å². The lowest BCUT2D eigenvalue weighted by molar-refractivity contribution is -0.136. The van der Waals surface area contributed by atoms with Gasteiger partial charge in [-0.2, -0.15) is 4.31 Å². The minimum atomic E-state index is -3.73. The Balaban J connectivity index is 1.67. The van der Waals surface area contributed by atoms with E-state index >= 15 is 0 Å². The highest BCUT2D eigenvalue weighted by Gasteiger charge is 2.38. The van der Waals surface area contributed by atoms with Crippen LogP contribution >= 0.6 is 11.6 Å². The molecule has 0 bridgehead atoms. The Hall–Kier alpha value is -1.93. The number of hydrogen-bond donors (Lipinski definition) is 1. The lowest BCUT2D eigenvalue weighted by Gasteiger charge is -2.43. The van der Waals surface area contributed by atoms with E-state index in [9.17, 15) is 13.2 Å². The van der Waals surface area contributed by atoms with Crippen molar-refractivity contribution < 1.29 is 18.3 Å². The summed E-state index contributed by atoms with van der Waals surface area (Å²) in [5, 5.41) is 9.83. The van der Waals surface area contributed by atoms with E-state index in [2.05, 4.69) is 4.90 Å². The van der Waals surface area contributed by atoms with Gasteiger partial charge in [-0.05, 0) is 81.1 Å². The van der Waals surface area contributed by atoms with Crippen LogP contribution in [0.3, 0.4) is 0 Å². The summed E-state index contributed by atoms with van der Waals surface area (Å²) in [6.45, 7) is 7.89. The standard InChI is InChI=1S/C24H31ClN2O4S/c1-17-11-21(14-24(28)29)13-23(12-17)32(30,31)27-18(2)15-26(16-19(27)3)10-4-5-20-6-8-22(25)9-7-20/h6-9,11-13,18-19H,4-5,10,14-16H2,1-3H3,(H,28,29)/t18-,19?/m0/s1. The van der Waals surface area contributed by atoms with Gasteiger partial charge in [-0.15, -0.1) is 0 Å². The topological polar surface area (TPSA) is 77.9 Å². The van der Waals surface area contributed by atoms with Gasteiger partial charge in [0.05, 0.1) is 11.3 Å². The van der Waals surface area contributed by atoms with Crippen molar-refractivity contribution >= 4 is 27.6 Å². The van der Waals surface area contributed by atoms with E-state index in [-0.39, 0.29) is 23.4 Å². The minimum Gasteiger partial charge on any atom is -0.481 e. The van der Waals surface area contributed by atoms with Crippen molar-refractivity contribution in [1.29, 1.82) is 0 Å². The third kappa shape index (κ3) is 6.10. The van der Waals surface area contributed by atoms with Crippen LogP contribution in [0, 0.1) is 6.92 Å². The van der Waals surface area contributed by atoms with Gasteiger partial charge in [0.15, 0.2) is 0 Å². The molecule has 1 unspecified atom stereocenters. The van der Waals surface area contributed by atoms with Gasteiger partial charge >= 0.3 is 5.97 Å². The number of aryl methyl sites for hydroxylation is 2. The molecule has 0 aliphatic carbocycles. The highest BCUT2D eigenvalue weighted by atomic mass is 35.5. The molecule has 8 heteroatoms. The number of carboxylic acids is 1. The first kappa shape index (κ1) is 24.7. The smallest absolute Gasteiger partial charge is 0.307 e. The number of piperazine rings is 1. The van der Waals surface area contributed by atoms with Crippen LogP contribution in [0.25, 0.3) is 0 Å². The molecule has 2 aromatic rings. The Bertz CT molecular complexity index is 1040. The Labute approximate surface area is 195 Å². The fourth-order valence-electron chi connectivity index (χ4n) is 4.60. The molecule has 2 atom stereocenters. The fourth-order valence-corrected chi connectivity index (χ4v) is 6.69. The molecule has 0 amide bonds. The van der Waals surface area contributed by atoms with Crippen molar-refractivity contribution in [3.05, 3.63) is 64.2 Å². The average Bonchev–Trinajstić information content (AvgIpc) is 2.68. The summed E-state index contributed by atoms with van der Waals surface area (Å²) in [5.74, 6) is -0.979. The predicted octanol–water partition coefficient (Wildman–Crippen LogP) is 3.99. The molecule has 1 aliphatic rings. The minimum absolute atomic E-state index is 0.170. The summed E-state index contributed by atoms with van der Waals surface area (Å²) >= 11 is 5.95. The van der Waals surface area contributed by atoms with Gasteiger partial charge in [0.25, 0.3) is 0 Å². The summed E-state index contributed by atoms with van der Waals surface area (Å²) in [6, 6.07) is 12.4. The maximum atomic E-state index is 13.5. The van der Waals surface area contributed by atoms with Gasteiger partial charge < -0.3 is 10.0 Å². The molecule has 2 aromatic carbocycles. The van der Waals surface area contributed by atoms with E-state index in [4.69, 9.17) is 16.7 Å². The Morgan fingerprint density at radius 3 is 2.28 bits per heavy atom. The van der Waals surface area contributed by atoms with Crippen LogP contribution in [0.15, 0.2) is 47.4 Å². The Kier molecular flexibility index (Phi) is 7.98. The van der Waals surface area contributed by atoms with Crippen molar-refractivity contribution in [2.24, 2.45) is 0 Å². The number of aliphatic carboxylic acids is 1. The third-order valence-corrected chi connectivity index (χ3v) is 8.17. The maximum Gasteiger partial charge on any atom is 0.307 e. The second-order valence-corrected chi connectivity index (χ2v) is 11.0. The molecule has 1 aliphatic heterocycles. The van der Waals surface area contributed by atoms with E-state index in [1.807, 2.05) is 38.1 Å². The Morgan fingerprint density at radius 2 is 1.69 bits per heavy atom. The first-order valence-corrected chi connectivity index (χ1v) is 12.7. The monoisotopic (exact) mass is 478 g/mol.